The Labute approximate surface area is 92.3 Å². The summed E-state index contributed by atoms with van der Waals surface area (Å²) in [6.45, 7) is 1.94. The fourth-order valence-electron chi connectivity index (χ4n) is 1.14. The van der Waals surface area contributed by atoms with Crippen LogP contribution in [0.3, 0.4) is 0 Å². The van der Waals surface area contributed by atoms with Crippen molar-refractivity contribution in [3.63, 3.8) is 0 Å². The van der Waals surface area contributed by atoms with E-state index in [0.717, 1.165) is 17.2 Å². The second kappa shape index (κ2) is 4.31. The average molecular weight is 221 g/mol. The van der Waals surface area contributed by atoms with E-state index in [1.807, 2.05) is 36.6 Å². The average Bonchev–Trinajstić information content (AvgIpc) is 2.64. The van der Waals surface area contributed by atoms with Crippen LogP contribution >= 0.6 is 11.3 Å². The van der Waals surface area contributed by atoms with Crippen LogP contribution in [0.5, 0.6) is 16.7 Å². The monoisotopic (exact) mass is 221 g/mol. The molecule has 2 aromatic rings. The number of thiazole rings is 1. The summed E-state index contributed by atoms with van der Waals surface area (Å²) in [5.74, 6) is 1.52. The molecule has 4 heteroatoms. The fourth-order valence-corrected chi connectivity index (χ4v) is 1.81. The fraction of sp³-hybridized carbons (Fsp3) is 0.182. The summed E-state index contributed by atoms with van der Waals surface area (Å²) >= 11 is 1.48. The van der Waals surface area contributed by atoms with E-state index in [1.54, 1.807) is 7.11 Å². The molecule has 0 saturated carbocycles. The molecule has 1 heterocycles. The van der Waals surface area contributed by atoms with E-state index in [4.69, 9.17) is 9.47 Å². The Hall–Kier alpha value is -1.55. The third-order valence-electron chi connectivity index (χ3n) is 1.84. The van der Waals surface area contributed by atoms with Crippen LogP contribution in [0.1, 0.15) is 5.69 Å². The Morgan fingerprint density at radius 2 is 2.07 bits per heavy atom. The maximum atomic E-state index is 5.57. The largest absolute Gasteiger partial charge is 0.497 e. The normalized spacial score (nSPS) is 10.0. The smallest absolute Gasteiger partial charge is 0.278 e. The van der Waals surface area contributed by atoms with E-state index in [0.29, 0.717) is 5.19 Å². The minimum absolute atomic E-state index is 0.653. The summed E-state index contributed by atoms with van der Waals surface area (Å²) < 4.78 is 10.7. The van der Waals surface area contributed by atoms with Crippen LogP contribution in [0, 0.1) is 6.92 Å². The molecule has 0 N–H and O–H groups in total. The first-order valence-electron chi connectivity index (χ1n) is 4.52. The Morgan fingerprint density at radius 1 is 1.27 bits per heavy atom. The molecular weight excluding hydrogens is 210 g/mol. The van der Waals surface area contributed by atoms with Crippen molar-refractivity contribution in [3.05, 3.63) is 35.3 Å². The Balaban J connectivity index is 2.16. The van der Waals surface area contributed by atoms with Crippen LogP contribution < -0.4 is 9.47 Å². The molecule has 0 unspecified atom stereocenters. The molecule has 0 bridgehead atoms. The molecular formula is C11H11NO2S. The maximum Gasteiger partial charge on any atom is 0.278 e. The predicted octanol–water partition coefficient (Wildman–Crippen LogP) is 3.25. The summed E-state index contributed by atoms with van der Waals surface area (Å²) in [4.78, 5) is 4.22. The zero-order chi connectivity index (χ0) is 10.7. The highest BCUT2D eigenvalue weighted by molar-refractivity contribution is 7.11. The highest BCUT2D eigenvalue weighted by Gasteiger charge is 2.02. The van der Waals surface area contributed by atoms with Crippen LogP contribution in [0.2, 0.25) is 0 Å². The second-order valence-electron chi connectivity index (χ2n) is 3.04. The molecule has 0 spiro atoms. The van der Waals surface area contributed by atoms with Gasteiger partial charge in [0.1, 0.15) is 11.5 Å². The zero-order valence-corrected chi connectivity index (χ0v) is 9.38. The lowest BCUT2D eigenvalue weighted by molar-refractivity contribution is 0.409. The Kier molecular flexibility index (Phi) is 2.87. The van der Waals surface area contributed by atoms with Gasteiger partial charge in [-0.2, -0.15) is 0 Å². The molecule has 0 aliphatic carbocycles. The van der Waals surface area contributed by atoms with Gasteiger partial charge < -0.3 is 9.47 Å². The van der Waals surface area contributed by atoms with Gasteiger partial charge in [0.2, 0.25) is 0 Å². The minimum atomic E-state index is 0.653. The van der Waals surface area contributed by atoms with Gasteiger partial charge >= 0.3 is 0 Å². The van der Waals surface area contributed by atoms with E-state index in [9.17, 15) is 0 Å². The lowest BCUT2D eigenvalue weighted by Gasteiger charge is -2.03. The van der Waals surface area contributed by atoms with Gasteiger partial charge in [-0.25, -0.2) is 4.98 Å². The first kappa shape index (κ1) is 9.98. The first-order chi connectivity index (χ1) is 7.28. The van der Waals surface area contributed by atoms with Gasteiger partial charge in [-0.3, -0.25) is 0 Å². The van der Waals surface area contributed by atoms with E-state index in [-0.39, 0.29) is 0 Å². The van der Waals surface area contributed by atoms with Gasteiger partial charge in [0.05, 0.1) is 12.8 Å². The molecule has 15 heavy (non-hydrogen) atoms. The number of rotatable bonds is 3. The summed E-state index contributed by atoms with van der Waals surface area (Å²) in [7, 11) is 1.63. The zero-order valence-electron chi connectivity index (χ0n) is 8.56. The third-order valence-corrected chi connectivity index (χ3v) is 2.68. The van der Waals surface area contributed by atoms with Gasteiger partial charge in [0, 0.05) is 11.4 Å². The van der Waals surface area contributed by atoms with Gasteiger partial charge in [0.15, 0.2) is 0 Å². The van der Waals surface area contributed by atoms with Crippen molar-refractivity contribution in [2.45, 2.75) is 6.92 Å². The number of nitrogens with zero attached hydrogens (tertiary/aromatic N) is 1. The highest BCUT2D eigenvalue weighted by atomic mass is 32.1. The SMILES string of the molecule is COc1cccc(Oc2nc(C)cs2)c1. The number of ether oxygens (including phenoxy) is 2. The number of hydrogen-bond acceptors (Lipinski definition) is 4. The Bertz CT molecular complexity index is 453. The van der Waals surface area contributed by atoms with Gasteiger partial charge in [-0.05, 0) is 19.1 Å². The number of methoxy groups -OCH3 is 1. The summed E-state index contributed by atoms with van der Waals surface area (Å²) in [6.07, 6.45) is 0. The van der Waals surface area contributed by atoms with Crippen molar-refractivity contribution in [2.75, 3.05) is 7.11 Å². The Morgan fingerprint density at radius 3 is 2.73 bits per heavy atom. The third kappa shape index (κ3) is 2.47. The molecule has 0 saturated heterocycles. The van der Waals surface area contributed by atoms with Crippen molar-refractivity contribution >= 4 is 11.3 Å². The van der Waals surface area contributed by atoms with E-state index < -0.39 is 0 Å². The predicted molar refractivity (Wildman–Crippen MR) is 59.9 cm³/mol. The minimum Gasteiger partial charge on any atom is -0.497 e. The van der Waals surface area contributed by atoms with Crippen LogP contribution in [-0.4, -0.2) is 12.1 Å². The molecule has 0 amide bonds. The van der Waals surface area contributed by atoms with E-state index in [1.165, 1.54) is 11.3 Å². The summed E-state index contributed by atoms with van der Waals surface area (Å²) in [5, 5.41) is 2.61. The molecule has 0 aliphatic heterocycles. The second-order valence-corrected chi connectivity index (χ2v) is 3.86. The van der Waals surface area contributed by atoms with Crippen LogP contribution in [0.25, 0.3) is 0 Å². The number of hydrogen-bond donors (Lipinski definition) is 0. The summed E-state index contributed by atoms with van der Waals surface area (Å²) in [5.41, 5.74) is 0.970. The first-order valence-corrected chi connectivity index (χ1v) is 5.40. The van der Waals surface area contributed by atoms with E-state index >= 15 is 0 Å². The molecule has 1 aromatic carbocycles. The quantitative estimate of drug-likeness (QED) is 0.797. The molecule has 0 radical (unpaired) electrons. The van der Waals surface area contributed by atoms with Gasteiger partial charge in [-0.15, -0.1) is 0 Å². The van der Waals surface area contributed by atoms with Crippen molar-refractivity contribution in [2.24, 2.45) is 0 Å². The molecule has 78 valence electrons. The maximum absolute atomic E-state index is 5.57. The molecule has 0 fully saturated rings. The van der Waals surface area contributed by atoms with Crippen molar-refractivity contribution in [1.82, 2.24) is 4.98 Å². The van der Waals surface area contributed by atoms with Gasteiger partial charge in [-0.1, -0.05) is 17.4 Å². The van der Waals surface area contributed by atoms with Crippen LogP contribution in [-0.2, 0) is 0 Å². The van der Waals surface area contributed by atoms with Crippen LogP contribution in [0.4, 0.5) is 0 Å². The van der Waals surface area contributed by atoms with E-state index in [2.05, 4.69) is 4.98 Å². The van der Waals surface area contributed by atoms with Crippen molar-refractivity contribution in [1.29, 1.82) is 0 Å². The molecule has 0 atom stereocenters. The van der Waals surface area contributed by atoms with Crippen molar-refractivity contribution < 1.29 is 9.47 Å². The van der Waals surface area contributed by atoms with Crippen molar-refractivity contribution in [3.8, 4) is 16.7 Å². The molecule has 0 aliphatic rings. The molecule has 1 aromatic heterocycles. The standard InChI is InChI=1S/C11H11NO2S/c1-8-7-15-11(12-8)14-10-5-3-4-9(6-10)13-2/h3-7H,1-2H3. The summed E-state index contributed by atoms with van der Waals surface area (Å²) in [6, 6.07) is 7.46. The number of aryl methyl sites for hydroxylation is 1. The molecule has 3 nitrogen and oxygen atoms in total. The number of aromatic nitrogens is 1. The lowest BCUT2D eigenvalue weighted by atomic mass is 10.3. The van der Waals surface area contributed by atoms with Crippen LogP contribution in [0.15, 0.2) is 29.6 Å². The topological polar surface area (TPSA) is 31.4 Å². The molecule has 2 rings (SSSR count). The highest BCUT2D eigenvalue weighted by Crippen LogP contribution is 2.27. The lowest BCUT2D eigenvalue weighted by Crippen LogP contribution is -1.86. The number of benzene rings is 1. The van der Waals surface area contributed by atoms with Gasteiger partial charge in [0.25, 0.3) is 5.19 Å².